The average molecular weight is 427 g/mol. The summed E-state index contributed by atoms with van der Waals surface area (Å²) in [5.74, 6) is -0.880. The second-order valence-corrected chi connectivity index (χ2v) is 8.27. The van der Waals surface area contributed by atoms with Gasteiger partial charge in [0.2, 0.25) is 0 Å². The van der Waals surface area contributed by atoms with E-state index < -0.39 is 5.82 Å². The van der Waals surface area contributed by atoms with Gasteiger partial charge in [-0.25, -0.2) is 9.18 Å². The Bertz CT molecular complexity index is 870. The van der Waals surface area contributed by atoms with E-state index in [1.54, 1.807) is 6.07 Å². The van der Waals surface area contributed by atoms with Crippen LogP contribution in [0.2, 0.25) is 5.02 Å². The normalized spacial score (nSPS) is 13.9. The lowest BCUT2D eigenvalue weighted by Crippen LogP contribution is -2.21. The highest BCUT2D eigenvalue weighted by Gasteiger charge is 2.25. The molecule has 0 atom stereocenters. The van der Waals surface area contributed by atoms with Gasteiger partial charge in [-0.05, 0) is 61.7 Å². The van der Waals surface area contributed by atoms with Gasteiger partial charge in [-0.1, -0.05) is 24.4 Å². The first-order valence-corrected chi connectivity index (χ1v) is 10.4. The molecule has 27 heavy (non-hydrogen) atoms. The molecule has 0 spiro atoms. The Kier molecular flexibility index (Phi) is 6.68. The minimum atomic E-state index is -0.502. The molecule has 0 bridgehead atoms. The molecule has 1 aromatic carbocycles. The topological polar surface area (TPSA) is 50.4 Å². The van der Waals surface area contributed by atoms with Crippen molar-refractivity contribution < 1.29 is 13.9 Å². The zero-order chi connectivity index (χ0) is 19.4. The average Bonchev–Trinajstić information content (AvgIpc) is 2.93. The van der Waals surface area contributed by atoms with Crippen molar-refractivity contribution in [1.82, 2.24) is 0 Å². The maximum Gasteiger partial charge on any atom is 0.341 e. The van der Waals surface area contributed by atoms with Crippen LogP contribution in [0.25, 0.3) is 0 Å². The molecule has 144 valence electrons. The second-order valence-electron chi connectivity index (χ2n) is 6.32. The van der Waals surface area contributed by atoms with Gasteiger partial charge < -0.3 is 15.4 Å². The zero-order valence-electron chi connectivity index (χ0n) is 14.9. The van der Waals surface area contributed by atoms with E-state index in [9.17, 15) is 9.18 Å². The van der Waals surface area contributed by atoms with Gasteiger partial charge in [0.05, 0.1) is 18.4 Å². The van der Waals surface area contributed by atoms with Crippen LogP contribution in [-0.4, -0.2) is 18.2 Å². The molecule has 0 saturated carbocycles. The number of thiophene rings is 1. The van der Waals surface area contributed by atoms with E-state index in [1.165, 1.54) is 41.9 Å². The number of hydrogen-bond donors (Lipinski definition) is 2. The van der Waals surface area contributed by atoms with E-state index in [1.807, 2.05) is 0 Å². The summed E-state index contributed by atoms with van der Waals surface area (Å²) in [4.78, 5) is 13.6. The van der Waals surface area contributed by atoms with Gasteiger partial charge in [0, 0.05) is 9.90 Å². The third-order valence-corrected chi connectivity index (χ3v) is 6.11. The van der Waals surface area contributed by atoms with Crippen molar-refractivity contribution in [3.8, 4) is 0 Å². The standard InChI is InChI=1S/C19H20ClFN2O2S2/c1-25-18(24)16-12-6-4-2-3-5-7-15(12)27-17(16)23-19(26)22-14-9-8-11(20)10-13(14)21/h8-10H,2-7H2,1H3,(H2,22,23,26). The maximum atomic E-state index is 14.0. The Morgan fingerprint density at radius 3 is 2.67 bits per heavy atom. The van der Waals surface area contributed by atoms with Gasteiger partial charge in [-0.3, -0.25) is 0 Å². The third-order valence-electron chi connectivity index (χ3n) is 4.47. The minimum absolute atomic E-state index is 0.204. The molecular formula is C19H20ClFN2O2S2. The number of ether oxygens (including phenoxy) is 1. The number of nitrogens with one attached hydrogen (secondary N) is 2. The summed E-state index contributed by atoms with van der Waals surface area (Å²) < 4.78 is 19.0. The van der Waals surface area contributed by atoms with Gasteiger partial charge in [0.15, 0.2) is 5.11 Å². The van der Waals surface area contributed by atoms with E-state index in [0.717, 1.165) is 37.7 Å². The summed E-state index contributed by atoms with van der Waals surface area (Å²) in [6, 6.07) is 4.30. The molecule has 1 aromatic heterocycles. The van der Waals surface area contributed by atoms with E-state index >= 15 is 0 Å². The highest BCUT2D eigenvalue weighted by molar-refractivity contribution is 7.80. The summed E-state index contributed by atoms with van der Waals surface area (Å²) in [6.45, 7) is 0. The first kappa shape index (κ1) is 20.0. The smallest absolute Gasteiger partial charge is 0.341 e. The molecule has 0 aliphatic heterocycles. The number of rotatable bonds is 3. The van der Waals surface area contributed by atoms with Crippen LogP contribution in [0.15, 0.2) is 18.2 Å². The largest absolute Gasteiger partial charge is 0.465 e. The number of carbonyl (C=O) groups is 1. The van der Waals surface area contributed by atoms with Gasteiger partial charge in [0.25, 0.3) is 0 Å². The minimum Gasteiger partial charge on any atom is -0.465 e. The molecule has 0 saturated heterocycles. The number of fused-ring (bicyclic) bond motifs is 1. The van der Waals surface area contributed by atoms with Crippen LogP contribution in [0.4, 0.5) is 15.1 Å². The highest BCUT2D eigenvalue weighted by Crippen LogP contribution is 2.37. The van der Waals surface area contributed by atoms with Crippen molar-refractivity contribution in [3.63, 3.8) is 0 Å². The lowest BCUT2D eigenvalue weighted by molar-refractivity contribution is 0.0601. The number of anilines is 2. The molecule has 1 heterocycles. The molecule has 8 heteroatoms. The highest BCUT2D eigenvalue weighted by atomic mass is 35.5. The van der Waals surface area contributed by atoms with Crippen LogP contribution < -0.4 is 10.6 Å². The molecule has 0 fully saturated rings. The Morgan fingerprint density at radius 1 is 1.22 bits per heavy atom. The van der Waals surface area contributed by atoms with Gasteiger partial charge in [0.1, 0.15) is 10.8 Å². The SMILES string of the molecule is COC(=O)c1c(NC(=S)Nc2ccc(Cl)cc2F)sc2c1CCCCCC2. The number of benzene rings is 1. The molecule has 2 N–H and O–H groups in total. The van der Waals surface area contributed by atoms with Crippen molar-refractivity contribution in [1.29, 1.82) is 0 Å². The Hall–Kier alpha value is -1.70. The van der Waals surface area contributed by atoms with Crippen molar-refractivity contribution >= 4 is 56.9 Å². The number of aryl methyl sites for hydroxylation is 1. The zero-order valence-corrected chi connectivity index (χ0v) is 17.3. The molecule has 0 unspecified atom stereocenters. The molecule has 1 aliphatic carbocycles. The van der Waals surface area contributed by atoms with Crippen molar-refractivity contribution in [2.75, 3.05) is 17.7 Å². The monoisotopic (exact) mass is 426 g/mol. The van der Waals surface area contributed by atoms with Crippen molar-refractivity contribution in [3.05, 3.63) is 45.0 Å². The fraction of sp³-hybridized carbons (Fsp3) is 0.368. The number of esters is 1. The molecule has 2 aromatic rings. The van der Waals surface area contributed by atoms with E-state index in [4.69, 9.17) is 28.6 Å². The molecule has 4 nitrogen and oxygen atoms in total. The first-order valence-electron chi connectivity index (χ1n) is 8.75. The Labute approximate surface area is 172 Å². The summed E-state index contributed by atoms with van der Waals surface area (Å²) in [7, 11) is 1.37. The van der Waals surface area contributed by atoms with Crippen LogP contribution in [0.1, 0.15) is 46.5 Å². The van der Waals surface area contributed by atoms with Crippen LogP contribution >= 0.6 is 35.2 Å². The number of thiocarbonyl (C=S) groups is 1. The van der Waals surface area contributed by atoms with E-state index in [2.05, 4.69) is 10.6 Å². The number of methoxy groups -OCH3 is 1. The van der Waals surface area contributed by atoms with Crippen molar-refractivity contribution in [2.45, 2.75) is 38.5 Å². The quantitative estimate of drug-likeness (QED) is 0.480. The molecule has 0 radical (unpaired) electrons. The van der Waals surface area contributed by atoms with E-state index in [0.29, 0.717) is 15.6 Å². The van der Waals surface area contributed by atoms with Gasteiger partial charge in [-0.2, -0.15) is 0 Å². The lowest BCUT2D eigenvalue weighted by Gasteiger charge is -2.12. The molecule has 1 aliphatic rings. The van der Waals surface area contributed by atoms with Crippen LogP contribution in [-0.2, 0) is 17.6 Å². The second kappa shape index (κ2) is 8.99. The number of carbonyl (C=O) groups excluding carboxylic acids is 1. The Balaban J connectivity index is 1.85. The van der Waals surface area contributed by atoms with Gasteiger partial charge >= 0.3 is 5.97 Å². The number of hydrogen-bond acceptors (Lipinski definition) is 4. The molecule has 0 amide bonds. The van der Waals surface area contributed by atoms with Crippen LogP contribution in [0.3, 0.4) is 0 Å². The summed E-state index contributed by atoms with van der Waals surface area (Å²) in [5, 5.41) is 7.02. The van der Waals surface area contributed by atoms with Crippen LogP contribution in [0.5, 0.6) is 0 Å². The number of halogens is 2. The third kappa shape index (κ3) is 4.78. The predicted octanol–water partition coefficient (Wildman–Crippen LogP) is 5.80. The first-order chi connectivity index (χ1) is 13.0. The van der Waals surface area contributed by atoms with Gasteiger partial charge in [-0.15, -0.1) is 11.3 Å². The Morgan fingerprint density at radius 2 is 1.96 bits per heavy atom. The summed E-state index contributed by atoms with van der Waals surface area (Å²) >= 11 is 12.6. The lowest BCUT2D eigenvalue weighted by atomic mass is 9.96. The van der Waals surface area contributed by atoms with Crippen LogP contribution in [0, 0.1) is 5.82 Å². The molecular weight excluding hydrogens is 407 g/mol. The summed E-state index contributed by atoms with van der Waals surface area (Å²) in [5.41, 5.74) is 1.81. The van der Waals surface area contributed by atoms with Crippen molar-refractivity contribution in [2.24, 2.45) is 0 Å². The maximum absolute atomic E-state index is 14.0. The fourth-order valence-corrected chi connectivity index (χ4v) is 4.89. The summed E-state index contributed by atoms with van der Waals surface area (Å²) in [6.07, 6.45) is 6.30. The molecule has 3 rings (SSSR count). The predicted molar refractivity (Wildman–Crippen MR) is 113 cm³/mol. The van der Waals surface area contributed by atoms with E-state index in [-0.39, 0.29) is 16.8 Å². The fourth-order valence-electron chi connectivity index (χ4n) is 3.17.